The van der Waals surface area contributed by atoms with Crippen LogP contribution in [0, 0.1) is 0 Å². The standard InChI is InChI=1S/C41H77NO11S/c1-3-5-7-9-11-13-15-17-19-20-22-24-26-28-30-35(44)34(33-51-41-39(47)40(53-54(48,49)50)38(46)36(32-43)52-41)42-37(45)31-29-27-25-23-21-18-16-14-12-10-8-6-4-2/h18,21,28,30,34-36,38-41,43-44,46-47H,3-17,19-20,22-27,29,31-33H2,1-2H3,(H,42,45)(H,48,49,50)/b21-18-,30-28+. The maximum atomic E-state index is 12.9. The lowest BCUT2D eigenvalue weighted by molar-refractivity contribution is -0.298. The molecule has 7 atom stereocenters. The van der Waals surface area contributed by atoms with Gasteiger partial charge in [-0.15, -0.1) is 0 Å². The highest BCUT2D eigenvalue weighted by atomic mass is 32.3. The van der Waals surface area contributed by atoms with Crippen LogP contribution in [0.25, 0.3) is 0 Å². The highest BCUT2D eigenvalue weighted by Gasteiger charge is 2.48. The number of ether oxygens (including phenoxy) is 2. The molecule has 1 saturated heterocycles. The van der Waals surface area contributed by atoms with Crippen LogP contribution in [0.4, 0.5) is 0 Å². The van der Waals surface area contributed by atoms with Crippen LogP contribution in [0.5, 0.6) is 0 Å². The summed E-state index contributed by atoms with van der Waals surface area (Å²) < 4.78 is 47.4. The number of rotatable bonds is 35. The fraction of sp³-hybridized carbons (Fsp3) is 0.878. The van der Waals surface area contributed by atoms with Crippen molar-refractivity contribution in [2.45, 2.75) is 217 Å². The lowest BCUT2D eigenvalue weighted by Crippen LogP contribution is -2.61. The number of allylic oxidation sites excluding steroid dienone is 3. The molecule has 54 heavy (non-hydrogen) atoms. The van der Waals surface area contributed by atoms with Crippen molar-refractivity contribution in [1.29, 1.82) is 0 Å². The van der Waals surface area contributed by atoms with E-state index in [2.05, 4.69) is 35.5 Å². The minimum absolute atomic E-state index is 0.249. The van der Waals surface area contributed by atoms with Gasteiger partial charge in [0.15, 0.2) is 6.29 Å². The molecular formula is C41H77NO11S. The summed E-state index contributed by atoms with van der Waals surface area (Å²) in [7, 11) is -5.08. The minimum Gasteiger partial charge on any atom is -0.394 e. The summed E-state index contributed by atoms with van der Waals surface area (Å²) in [5.41, 5.74) is 0. The van der Waals surface area contributed by atoms with Crippen LogP contribution >= 0.6 is 0 Å². The molecule has 1 heterocycles. The molecule has 318 valence electrons. The molecule has 6 N–H and O–H groups in total. The second-order valence-corrected chi connectivity index (χ2v) is 16.0. The summed E-state index contributed by atoms with van der Waals surface area (Å²) in [5, 5.41) is 44.5. The van der Waals surface area contributed by atoms with E-state index in [0.717, 1.165) is 44.9 Å². The van der Waals surface area contributed by atoms with E-state index in [-0.39, 0.29) is 18.9 Å². The molecule has 0 saturated carbocycles. The zero-order valence-corrected chi connectivity index (χ0v) is 34.4. The maximum Gasteiger partial charge on any atom is 0.397 e. The Labute approximate surface area is 327 Å². The first-order chi connectivity index (χ1) is 26.0. The van der Waals surface area contributed by atoms with Gasteiger partial charge in [-0.2, -0.15) is 8.42 Å². The van der Waals surface area contributed by atoms with Crippen LogP contribution in [-0.4, -0.2) is 95.4 Å². The topological polar surface area (TPSA) is 192 Å². The van der Waals surface area contributed by atoms with E-state index in [1.807, 2.05) is 6.08 Å². The zero-order chi connectivity index (χ0) is 39.9. The van der Waals surface area contributed by atoms with Gasteiger partial charge in [-0.1, -0.05) is 147 Å². The van der Waals surface area contributed by atoms with Crippen LogP contribution in [-0.2, 0) is 28.9 Å². The van der Waals surface area contributed by atoms with E-state index >= 15 is 0 Å². The first kappa shape index (κ1) is 50.6. The van der Waals surface area contributed by atoms with Gasteiger partial charge in [0.1, 0.15) is 24.4 Å². The molecule has 1 aliphatic heterocycles. The zero-order valence-electron chi connectivity index (χ0n) is 33.5. The number of aliphatic hydroxyl groups excluding tert-OH is 4. The van der Waals surface area contributed by atoms with Crippen molar-refractivity contribution in [2.24, 2.45) is 0 Å². The molecule has 0 aromatic heterocycles. The average Bonchev–Trinajstić information content (AvgIpc) is 3.14. The third-order valence-corrected chi connectivity index (χ3v) is 10.4. The van der Waals surface area contributed by atoms with E-state index in [1.165, 1.54) is 103 Å². The number of hydrogen-bond acceptors (Lipinski definition) is 10. The Morgan fingerprint density at radius 1 is 0.722 bits per heavy atom. The molecule has 0 spiro atoms. The van der Waals surface area contributed by atoms with E-state index in [9.17, 15) is 33.6 Å². The second-order valence-electron chi connectivity index (χ2n) is 14.9. The van der Waals surface area contributed by atoms with E-state index in [1.54, 1.807) is 6.08 Å². The van der Waals surface area contributed by atoms with Crippen molar-refractivity contribution < 1.29 is 51.8 Å². The third-order valence-electron chi connectivity index (χ3n) is 9.98. The van der Waals surface area contributed by atoms with Crippen molar-refractivity contribution >= 4 is 16.3 Å². The number of unbranched alkanes of at least 4 members (excludes halogenated alkanes) is 21. The van der Waals surface area contributed by atoms with E-state index in [4.69, 9.17) is 14.0 Å². The second kappa shape index (κ2) is 32.6. The first-order valence-electron chi connectivity index (χ1n) is 21.2. The van der Waals surface area contributed by atoms with Crippen LogP contribution in [0.3, 0.4) is 0 Å². The quantitative estimate of drug-likeness (QED) is 0.0213. The molecule has 0 aromatic rings. The number of amides is 1. The van der Waals surface area contributed by atoms with Crippen LogP contribution in [0.1, 0.15) is 174 Å². The van der Waals surface area contributed by atoms with Crippen molar-refractivity contribution in [3.63, 3.8) is 0 Å². The Kier molecular flexibility index (Phi) is 30.6. The maximum absolute atomic E-state index is 12.9. The molecule has 0 aromatic carbocycles. The Hall–Kier alpha value is -1.42. The Morgan fingerprint density at radius 2 is 1.19 bits per heavy atom. The molecule has 1 fully saturated rings. The molecule has 1 aliphatic rings. The fourth-order valence-electron chi connectivity index (χ4n) is 6.62. The monoisotopic (exact) mass is 792 g/mol. The molecular weight excluding hydrogens is 715 g/mol. The average molecular weight is 792 g/mol. The summed E-state index contributed by atoms with van der Waals surface area (Å²) >= 11 is 0. The predicted molar refractivity (Wildman–Crippen MR) is 213 cm³/mol. The molecule has 7 unspecified atom stereocenters. The molecule has 0 bridgehead atoms. The molecule has 0 radical (unpaired) electrons. The fourth-order valence-corrected chi connectivity index (χ4v) is 7.13. The van der Waals surface area contributed by atoms with Crippen molar-refractivity contribution in [3.8, 4) is 0 Å². The molecule has 12 nitrogen and oxygen atoms in total. The van der Waals surface area contributed by atoms with Gasteiger partial charge in [0.2, 0.25) is 5.91 Å². The number of aliphatic hydroxyl groups is 4. The Balaban J connectivity index is 2.61. The third kappa shape index (κ3) is 25.7. The minimum atomic E-state index is -5.08. The van der Waals surface area contributed by atoms with Gasteiger partial charge < -0.3 is 35.2 Å². The Bertz CT molecular complexity index is 1070. The van der Waals surface area contributed by atoms with Gasteiger partial charge in [0.25, 0.3) is 0 Å². The SMILES string of the molecule is CCCCCCCC/C=C\CCCCCC(=O)NC(COC1OC(CO)C(O)C(OS(=O)(=O)O)C1O)C(O)/C=C/CCCCCCCCCCCCCC. The first-order valence-corrected chi connectivity index (χ1v) is 22.6. The number of nitrogens with one attached hydrogen (secondary N) is 1. The summed E-state index contributed by atoms with van der Waals surface area (Å²) in [6, 6.07) is -0.947. The lowest BCUT2D eigenvalue weighted by Gasteiger charge is -2.41. The van der Waals surface area contributed by atoms with Gasteiger partial charge >= 0.3 is 10.4 Å². The molecule has 0 aliphatic carbocycles. The van der Waals surface area contributed by atoms with Gasteiger partial charge in [-0.05, 0) is 44.9 Å². The van der Waals surface area contributed by atoms with Gasteiger partial charge in [0.05, 0.1) is 25.4 Å². The summed E-state index contributed by atoms with van der Waals surface area (Å²) in [6.07, 6.45) is 26.5. The molecule has 1 amide bonds. The van der Waals surface area contributed by atoms with Gasteiger partial charge in [-0.25, -0.2) is 4.18 Å². The highest BCUT2D eigenvalue weighted by molar-refractivity contribution is 7.80. The van der Waals surface area contributed by atoms with Crippen LogP contribution in [0.2, 0.25) is 0 Å². The van der Waals surface area contributed by atoms with Crippen molar-refractivity contribution in [3.05, 3.63) is 24.3 Å². The van der Waals surface area contributed by atoms with E-state index in [0.29, 0.717) is 6.42 Å². The summed E-state index contributed by atoms with van der Waals surface area (Å²) in [6.45, 7) is 3.34. The Morgan fingerprint density at radius 3 is 1.67 bits per heavy atom. The molecule has 1 rings (SSSR count). The summed E-state index contributed by atoms with van der Waals surface area (Å²) in [5.74, 6) is -0.281. The number of hydrogen-bond donors (Lipinski definition) is 6. The predicted octanol–water partition coefficient (Wildman–Crippen LogP) is 7.38. The van der Waals surface area contributed by atoms with Gasteiger partial charge in [0, 0.05) is 6.42 Å². The van der Waals surface area contributed by atoms with Crippen molar-refractivity contribution in [1.82, 2.24) is 5.32 Å². The molecule has 13 heteroatoms. The smallest absolute Gasteiger partial charge is 0.394 e. The normalized spacial score (nSPS) is 21.9. The van der Waals surface area contributed by atoms with Crippen LogP contribution < -0.4 is 5.32 Å². The van der Waals surface area contributed by atoms with E-state index < -0.39 is 59.9 Å². The van der Waals surface area contributed by atoms with Crippen molar-refractivity contribution in [2.75, 3.05) is 13.2 Å². The highest BCUT2D eigenvalue weighted by Crippen LogP contribution is 2.26. The number of carbonyl (C=O) groups excluding carboxylic acids is 1. The summed E-state index contributed by atoms with van der Waals surface area (Å²) in [4.78, 5) is 12.9. The lowest BCUT2D eigenvalue weighted by atomic mass is 9.99. The van der Waals surface area contributed by atoms with Gasteiger partial charge in [-0.3, -0.25) is 9.35 Å². The largest absolute Gasteiger partial charge is 0.397 e. The number of carbonyl (C=O) groups is 1. The van der Waals surface area contributed by atoms with Crippen LogP contribution in [0.15, 0.2) is 24.3 Å².